The molecular formula is C22H41NO3. The summed E-state index contributed by atoms with van der Waals surface area (Å²) in [5.74, 6) is 0.534. The first-order valence-electron chi connectivity index (χ1n) is 10.9. The lowest BCUT2D eigenvalue weighted by Gasteiger charge is -2.12. The highest BCUT2D eigenvalue weighted by atomic mass is 16.5. The molecule has 1 heterocycles. The summed E-state index contributed by atoms with van der Waals surface area (Å²) in [6.07, 6.45) is 18.2. The summed E-state index contributed by atoms with van der Waals surface area (Å²) >= 11 is 0. The molecule has 4 nitrogen and oxygen atoms in total. The lowest BCUT2D eigenvalue weighted by atomic mass is 10.0. The molecule has 1 aliphatic rings. The highest BCUT2D eigenvalue weighted by Gasteiger charge is 2.16. The third-order valence-electron chi connectivity index (χ3n) is 5.20. The van der Waals surface area contributed by atoms with Crippen LogP contribution >= 0.6 is 0 Å². The fourth-order valence-corrected chi connectivity index (χ4v) is 3.53. The lowest BCUT2D eigenvalue weighted by molar-refractivity contribution is 0.299. The molecule has 0 unspecified atom stereocenters. The number of ether oxygens (including phenoxy) is 1. The van der Waals surface area contributed by atoms with Crippen LogP contribution in [-0.4, -0.2) is 42.5 Å². The zero-order valence-electron chi connectivity index (χ0n) is 17.0. The van der Waals surface area contributed by atoms with Gasteiger partial charge in [0.2, 0.25) is 5.90 Å². The van der Waals surface area contributed by atoms with Gasteiger partial charge < -0.3 is 14.9 Å². The average Bonchev–Trinajstić information content (AvgIpc) is 3.19. The molecule has 0 saturated carbocycles. The number of aliphatic hydroxyl groups is 2. The first-order valence-corrected chi connectivity index (χ1v) is 10.9. The molecule has 0 aromatic heterocycles. The minimum Gasteiger partial charge on any atom is -0.476 e. The van der Waals surface area contributed by atoms with Gasteiger partial charge >= 0.3 is 0 Å². The van der Waals surface area contributed by atoms with E-state index in [1.165, 1.54) is 77.0 Å². The molecule has 1 rings (SSSR count). The first kappa shape index (κ1) is 23.2. The quantitative estimate of drug-likeness (QED) is 0.348. The maximum absolute atomic E-state index is 9.60. The van der Waals surface area contributed by atoms with Crippen LogP contribution in [0.4, 0.5) is 0 Å². The van der Waals surface area contributed by atoms with E-state index >= 15 is 0 Å². The number of unbranched alkanes of at least 4 members (excludes halogenated alkanes) is 12. The topological polar surface area (TPSA) is 62.0 Å². The van der Waals surface area contributed by atoms with Crippen LogP contribution in [0.5, 0.6) is 0 Å². The Balaban J connectivity index is 2.02. The average molecular weight is 368 g/mol. The smallest absolute Gasteiger partial charge is 0.214 e. The molecule has 0 atom stereocenters. The molecule has 0 saturated heterocycles. The van der Waals surface area contributed by atoms with E-state index in [9.17, 15) is 10.2 Å². The van der Waals surface area contributed by atoms with Crippen molar-refractivity contribution < 1.29 is 14.9 Å². The second-order valence-electron chi connectivity index (χ2n) is 7.43. The largest absolute Gasteiger partial charge is 0.476 e. The van der Waals surface area contributed by atoms with Crippen molar-refractivity contribution in [3.8, 4) is 0 Å². The van der Waals surface area contributed by atoms with Gasteiger partial charge in [-0.1, -0.05) is 84.0 Å². The zero-order valence-corrected chi connectivity index (χ0v) is 17.0. The molecule has 0 aliphatic carbocycles. The molecule has 0 fully saturated rings. The Bertz CT molecular complexity index is 404. The monoisotopic (exact) mass is 367 g/mol. The van der Waals surface area contributed by atoms with Crippen molar-refractivity contribution in [2.45, 2.75) is 96.8 Å². The predicted octanol–water partition coefficient (Wildman–Crippen LogP) is 5.18. The second-order valence-corrected chi connectivity index (χ2v) is 7.43. The normalized spacial score (nSPS) is 15.0. The molecule has 0 bridgehead atoms. The second kappa shape index (κ2) is 16.3. The van der Waals surface area contributed by atoms with E-state index < -0.39 is 0 Å². The number of hydrogen-bond acceptors (Lipinski definition) is 4. The Morgan fingerprint density at radius 2 is 1.35 bits per heavy atom. The van der Waals surface area contributed by atoms with Crippen LogP contribution in [0, 0.1) is 0 Å². The van der Waals surface area contributed by atoms with Gasteiger partial charge in [-0.05, 0) is 18.4 Å². The van der Waals surface area contributed by atoms with Crippen molar-refractivity contribution in [1.29, 1.82) is 0 Å². The van der Waals surface area contributed by atoms with Crippen molar-refractivity contribution in [2.24, 2.45) is 4.99 Å². The molecule has 0 aromatic rings. The Hall–Kier alpha value is -0.870. The first-order chi connectivity index (χ1) is 12.8. The zero-order chi connectivity index (χ0) is 18.9. The third kappa shape index (κ3) is 10.3. The van der Waals surface area contributed by atoms with Gasteiger partial charge in [-0.25, -0.2) is 4.99 Å². The number of aliphatic hydroxyl groups excluding tert-OH is 2. The minimum absolute atomic E-state index is 0.0173. The number of aliphatic imine (C=N–C) groups is 1. The van der Waals surface area contributed by atoms with Gasteiger partial charge in [0.05, 0.1) is 19.8 Å². The van der Waals surface area contributed by atoms with Crippen LogP contribution in [0.3, 0.4) is 0 Å². The Morgan fingerprint density at radius 1 is 0.808 bits per heavy atom. The standard InChI is InChI=1S/C22H41NO3/c1-2-3-4-5-6-7-8-9-10-11-12-13-14-15-20(18-24)21(19-25)22-23-16-17-26-22/h24-25H,2-19H2,1H3. The van der Waals surface area contributed by atoms with Gasteiger partial charge in [-0.2, -0.15) is 0 Å². The van der Waals surface area contributed by atoms with E-state index in [2.05, 4.69) is 11.9 Å². The van der Waals surface area contributed by atoms with Gasteiger partial charge in [0, 0.05) is 5.57 Å². The lowest BCUT2D eigenvalue weighted by Crippen LogP contribution is -2.12. The Labute approximate surface area is 160 Å². The molecule has 0 aromatic carbocycles. The van der Waals surface area contributed by atoms with Gasteiger partial charge in [-0.15, -0.1) is 0 Å². The van der Waals surface area contributed by atoms with Crippen LogP contribution in [0.15, 0.2) is 16.1 Å². The highest BCUT2D eigenvalue weighted by Crippen LogP contribution is 2.18. The fourth-order valence-electron chi connectivity index (χ4n) is 3.53. The van der Waals surface area contributed by atoms with Gasteiger partial charge in [0.25, 0.3) is 0 Å². The Morgan fingerprint density at radius 3 is 1.77 bits per heavy atom. The summed E-state index contributed by atoms with van der Waals surface area (Å²) in [5, 5.41) is 19.2. The number of hydrogen-bond donors (Lipinski definition) is 2. The molecule has 0 amide bonds. The summed E-state index contributed by atoms with van der Waals surface area (Å²) in [4.78, 5) is 4.26. The van der Waals surface area contributed by atoms with E-state index in [4.69, 9.17) is 4.74 Å². The highest BCUT2D eigenvalue weighted by molar-refractivity contribution is 5.95. The van der Waals surface area contributed by atoms with E-state index in [1.54, 1.807) is 0 Å². The fraction of sp³-hybridized carbons (Fsp3) is 0.864. The van der Waals surface area contributed by atoms with Crippen molar-refractivity contribution in [3.63, 3.8) is 0 Å². The van der Waals surface area contributed by atoms with E-state index in [1.807, 2.05) is 0 Å². The van der Waals surface area contributed by atoms with Crippen LogP contribution < -0.4 is 0 Å². The molecular weight excluding hydrogens is 326 g/mol. The molecule has 2 N–H and O–H groups in total. The van der Waals surface area contributed by atoms with Gasteiger partial charge in [-0.3, -0.25) is 0 Å². The Kier molecular flexibility index (Phi) is 14.5. The van der Waals surface area contributed by atoms with E-state index in [-0.39, 0.29) is 13.2 Å². The van der Waals surface area contributed by atoms with Crippen LogP contribution in [0.1, 0.15) is 96.8 Å². The van der Waals surface area contributed by atoms with Crippen molar-refractivity contribution in [1.82, 2.24) is 0 Å². The summed E-state index contributed by atoms with van der Waals surface area (Å²) in [6, 6.07) is 0. The molecule has 152 valence electrons. The van der Waals surface area contributed by atoms with E-state index in [0.29, 0.717) is 24.6 Å². The van der Waals surface area contributed by atoms with Crippen LogP contribution in [0.25, 0.3) is 0 Å². The molecule has 0 radical (unpaired) electrons. The summed E-state index contributed by atoms with van der Waals surface area (Å²) < 4.78 is 5.43. The summed E-state index contributed by atoms with van der Waals surface area (Å²) in [7, 11) is 0. The molecule has 0 spiro atoms. The van der Waals surface area contributed by atoms with Crippen molar-refractivity contribution in [2.75, 3.05) is 26.4 Å². The molecule has 4 heteroatoms. The van der Waals surface area contributed by atoms with Crippen molar-refractivity contribution >= 4 is 5.90 Å². The SMILES string of the molecule is CCCCCCCCCCCCCCCC(CO)=C(CO)C1=NCCO1. The molecule has 1 aliphatic heterocycles. The van der Waals surface area contributed by atoms with Gasteiger partial charge in [0.15, 0.2) is 0 Å². The number of nitrogens with zero attached hydrogens (tertiary/aromatic N) is 1. The minimum atomic E-state index is -0.104. The number of rotatable bonds is 17. The summed E-state index contributed by atoms with van der Waals surface area (Å²) in [5.41, 5.74) is 1.58. The summed E-state index contributed by atoms with van der Waals surface area (Å²) in [6.45, 7) is 3.38. The third-order valence-corrected chi connectivity index (χ3v) is 5.20. The van der Waals surface area contributed by atoms with Crippen molar-refractivity contribution in [3.05, 3.63) is 11.1 Å². The van der Waals surface area contributed by atoms with Gasteiger partial charge in [0.1, 0.15) is 6.61 Å². The maximum atomic E-state index is 9.60. The maximum Gasteiger partial charge on any atom is 0.214 e. The predicted molar refractivity (Wildman–Crippen MR) is 110 cm³/mol. The van der Waals surface area contributed by atoms with Crippen LogP contribution in [0.2, 0.25) is 0 Å². The van der Waals surface area contributed by atoms with E-state index in [0.717, 1.165) is 18.4 Å². The van der Waals surface area contributed by atoms with Crippen LogP contribution in [-0.2, 0) is 4.74 Å². The molecule has 26 heavy (non-hydrogen) atoms.